The first kappa shape index (κ1) is 18.6. The lowest BCUT2D eigenvalue weighted by molar-refractivity contribution is -0.385. The van der Waals surface area contributed by atoms with E-state index in [-0.39, 0.29) is 5.56 Å². The van der Waals surface area contributed by atoms with Crippen molar-refractivity contribution in [2.45, 2.75) is 6.10 Å². The average Bonchev–Trinajstić information content (AvgIpc) is 2.66. The topological polar surface area (TPSA) is 128 Å². The van der Waals surface area contributed by atoms with Crippen LogP contribution in [0.2, 0.25) is 0 Å². The van der Waals surface area contributed by atoms with Gasteiger partial charge in [0.25, 0.3) is 11.6 Å². The molecule has 0 aliphatic rings. The van der Waals surface area contributed by atoms with Crippen molar-refractivity contribution in [1.29, 1.82) is 0 Å². The summed E-state index contributed by atoms with van der Waals surface area (Å²) >= 11 is 0. The standard InChI is InChI=1S/C17H15N3O6/c1-18-17(23)19-15(21)14(11-7-3-2-4-8-11)26-16(22)12-9-5-6-10-13(12)20(24)25/h2-10,14H,1H3,(H2,18,19,21,23). The minimum absolute atomic E-state index is 0.300. The fourth-order valence-corrected chi connectivity index (χ4v) is 2.12. The Morgan fingerprint density at radius 1 is 1.04 bits per heavy atom. The highest BCUT2D eigenvalue weighted by Crippen LogP contribution is 2.24. The number of para-hydroxylation sites is 1. The number of carbonyl (C=O) groups is 3. The molecule has 2 aromatic rings. The number of carbonyl (C=O) groups excluding carboxylic acids is 3. The summed E-state index contributed by atoms with van der Waals surface area (Å²) in [5.41, 5.74) is -0.442. The number of nitro groups is 1. The molecule has 0 heterocycles. The third-order valence-electron chi connectivity index (χ3n) is 3.35. The van der Waals surface area contributed by atoms with Crippen molar-refractivity contribution in [2.24, 2.45) is 0 Å². The van der Waals surface area contributed by atoms with E-state index in [1.807, 2.05) is 5.32 Å². The number of benzene rings is 2. The van der Waals surface area contributed by atoms with Gasteiger partial charge in [-0.25, -0.2) is 9.59 Å². The minimum atomic E-state index is -1.46. The predicted octanol–water partition coefficient (Wildman–Crippen LogP) is 1.95. The SMILES string of the molecule is CNC(=O)NC(=O)C(OC(=O)c1ccccc1[N+](=O)[O-])c1ccccc1. The van der Waals surface area contributed by atoms with Gasteiger partial charge in [-0.1, -0.05) is 42.5 Å². The Kier molecular flexibility index (Phi) is 5.99. The van der Waals surface area contributed by atoms with Crippen LogP contribution in [0.4, 0.5) is 10.5 Å². The van der Waals surface area contributed by atoms with E-state index in [2.05, 4.69) is 5.32 Å². The number of hydrogen-bond donors (Lipinski definition) is 2. The molecule has 0 saturated heterocycles. The Balaban J connectivity index is 2.32. The van der Waals surface area contributed by atoms with Crippen molar-refractivity contribution < 1.29 is 24.0 Å². The van der Waals surface area contributed by atoms with Crippen molar-refractivity contribution in [3.8, 4) is 0 Å². The van der Waals surface area contributed by atoms with E-state index in [9.17, 15) is 24.5 Å². The maximum absolute atomic E-state index is 12.4. The second-order valence-corrected chi connectivity index (χ2v) is 5.04. The summed E-state index contributed by atoms with van der Waals surface area (Å²) in [6, 6.07) is 12.4. The number of nitrogens with zero attached hydrogens (tertiary/aromatic N) is 1. The summed E-state index contributed by atoms with van der Waals surface area (Å²) in [5, 5.41) is 15.3. The van der Waals surface area contributed by atoms with E-state index in [0.29, 0.717) is 5.56 Å². The van der Waals surface area contributed by atoms with Crippen molar-refractivity contribution in [1.82, 2.24) is 10.6 Å². The van der Waals surface area contributed by atoms with Crippen LogP contribution < -0.4 is 10.6 Å². The maximum Gasteiger partial charge on any atom is 0.346 e. The van der Waals surface area contributed by atoms with Gasteiger partial charge in [-0.15, -0.1) is 0 Å². The third kappa shape index (κ3) is 4.41. The molecule has 0 aromatic heterocycles. The van der Waals surface area contributed by atoms with Gasteiger partial charge in [0.1, 0.15) is 5.56 Å². The molecule has 26 heavy (non-hydrogen) atoms. The summed E-state index contributed by atoms with van der Waals surface area (Å²) in [5.74, 6) is -1.94. The second kappa shape index (κ2) is 8.38. The molecule has 134 valence electrons. The highest BCUT2D eigenvalue weighted by Gasteiger charge is 2.29. The predicted molar refractivity (Wildman–Crippen MR) is 90.3 cm³/mol. The number of imide groups is 1. The van der Waals surface area contributed by atoms with Gasteiger partial charge >= 0.3 is 12.0 Å². The number of rotatable bonds is 5. The average molecular weight is 357 g/mol. The van der Waals surface area contributed by atoms with Crippen molar-refractivity contribution in [3.05, 3.63) is 75.8 Å². The lowest BCUT2D eigenvalue weighted by atomic mass is 10.1. The number of amides is 3. The van der Waals surface area contributed by atoms with Crippen LogP contribution in [0.5, 0.6) is 0 Å². The van der Waals surface area contributed by atoms with Crippen LogP contribution in [0.25, 0.3) is 0 Å². The normalized spacial score (nSPS) is 11.1. The highest BCUT2D eigenvalue weighted by molar-refractivity contribution is 6.00. The van der Waals surface area contributed by atoms with Gasteiger partial charge in [-0.2, -0.15) is 0 Å². The fraction of sp³-hybridized carbons (Fsp3) is 0.118. The van der Waals surface area contributed by atoms with Gasteiger partial charge in [-0.3, -0.25) is 20.2 Å². The number of nitrogens with one attached hydrogen (secondary N) is 2. The number of hydrogen-bond acceptors (Lipinski definition) is 6. The molecule has 1 atom stereocenters. The Bertz CT molecular complexity index is 837. The zero-order valence-corrected chi connectivity index (χ0v) is 13.7. The zero-order chi connectivity index (χ0) is 19.1. The quantitative estimate of drug-likeness (QED) is 0.478. The molecule has 9 heteroatoms. The first-order chi connectivity index (χ1) is 12.4. The number of urea groups is 1. The molecule has 9 nitrogen and oxygen atoms in total. The molecule has 2 N–H and O–H groups in total. The van der Waals surface area contributed by atoms with Crippen LogP contribution in [0, 0.1) is 10.1 Å². The Morgan fingerprint density at radius 2 is 1.65 bits per heavy atom. The molecule has 0 radical (unpaired) electrons. The molecule has 0 aliphatic heterocycles. The van der Waals surface area contributed by atoms with Crippen molar-refractivity contribution >= 4 is 23.6 Å². The Hall–Kier alpha value is -3.75. The van der Waals surface area contributed by atoms with E-state index in [4.69, 9.17) is 4.74 Å². The first-order valence-corrected chi connectivity index (χ1v) is 7.46. The molecule has 0 spiro atoms. The van der Waals surface area contributed by atoms with Gasteiger partial charge in [0.2, 0.25) is 6.10 Å². The number of esters is 1. The van der Waals surface area contributed by atoms with Gasteiger partial charge in [0.05, 0.1) is 4.92 Å². The maximum atomic E-state index is 12.4. The van der Waals surface area contributed by atoms with E-state index < -0.39 is 34.6 Å². The molecule has 3 amide bonds. The van der Waals surface area contributed by atoms with Crippen LogP contribution >= 0.6 is 0 Å². The fourth-order valence-electron chi connectivity index (χ4n) is 2.12. The van der Waals surface area contributed by atoms with E-state index >= 15 is 0 Å². The molecule has 2 rings (SSSR count). The van der Waals surface area contributed by atoms with Gasteiger partial charge in [-0.05, 0) is 6.07 Å². The lowest BCUT2D eigenvalue weighted by Crippen LogP contribution is -2.41. The van der Waals surface area contributed by atoms with E-state index in [0.717, 1.165) is 6.07 Å². The highest BCUT2D eigenvalue weighted by atomic mass is 16.6. The molecule has 0 fully saturated rings. The summed E-state index contributed by atoms with van der Waals surface area (Å²) in [4.78, 5) is 46.4. The molecule has 2 aromatic carbocycles. The number of ether oxygens (including phenoxy) is 1. The Labute approximate surface area is 148 Å². The number of nitro benzene ring substituents is 1. The van der Waals surface area contributed by atoms with Gasteiger partial charge < -0.3 is 10.1 Å². The molecular formula is C17H15N3O6. The monoisotopic (exact) mass is 357 g/mol. The molecule has 1 unspecified atom stereocenters. The van der Waals surface area contributed by atoms with Crippen LogP contribution in [-0.4, -0.2) is 29.9 Å². The van der Waals surface area contributed by atoms with Crippen LogP contribution in [0.15, 0.2) is 54.6 Å². The molecular weight excluding hydrogens is 342 g/mol. The Morgan fingerprint density at radius 3 is 2.27 bits per heavy atom. The zero-order valence-electron chi connectivity index (χ0n) is 13.7. The first-order valence-electron chi connectivity index (χ1n) is 7.46. The van der Waals surface area contributed by atoms with E-state index in [1.54, 1.807) is 18.2 Å². The van der Waals surface area contributed by atoms with Crippen LogP contribution in [-0.2, 0) is 9.53 Å². The smallest absolute Gasteiger partial charge is 0.346 e. The summed E-state index contributed by atoms with van der Waals surface area (Å²) in [6.45, 7) is 0. The summed E-state index contributed by atoms with van der Waals surface area (Å²) in [7, 11) is 1.32. The molecule has 0 bridgehead atoms. The lowest BCUT2D eigenvalue weighted by Gasteiger charge is -2.17. The van der Waals surface area contributed by atoms with Crippen molar-refractivity contribution in [3.63, 3.8) is 0 Å². The largest absolute Gasteiger partial charge is 0.443 e. The van der Waals surface area contributed by atoms with Crippen LogP contribution in [0.1, 0.15) is 22.0 Å². The van der Waals surface area contributed by atoms with Crippen LogP contribution in [0.3, 0.4) is 0 Å². The van der Waals surface area contributed by atoms with Crippen molar-refractivity contribution in [2.75, 3.05) is 7.05 Å². The van der Waals surface area contributed by atoms with E-state index in [1.165, 1.54) is 37.4 Å². The van der Waals surface area contributed by atoms with Gasteiger partial charge in [0.15, 0.2) is 0 Å². The summed E-state index contributed by atoms with van der Waals surface area (Å²) < 4.78 is 5.19. The summed E-state index contributed by atoms with van der Waals surface area (Å²) in [6.07, 6.45) is -1.46. The second-order valence-electron chi connectivity index (χ2n) is 5.04. The van der Waals surface area contributed by atoms with Gasteiger partial charge in [0, 0.05) is 18.7 Å². The third-order valence-corrected chi connectivity index (χ3v) is 3.35. The molecule has 0 aliphatic carbocycles. The molecule has 0 saturated carbocycles. The minimum Gasteiger partial charge on any atom is -0.443 e.